The average Bonchev–Trinajstić information content (AvgIpc) is 2.69. The number of amides is 1. The molecule has 0 aliphatic heterocycles. The Labute approximate surface area is 179 Å². The molecule has 1 amide bonds. The maximum atomic E-state index is 13.9. The Morgan fingerprint density at radius 2 is 2.10 bits per heavy atom. The van der Waals surface area contributed by atoms with Crippen molar-refractivity contribution in [3.8, 4) is 0 Å². The number of para-hydroxylation sites is 1. The van der Waals surface area contributed by atoms with Crippen molar-refractivity contribution in [1.82, 2.24) is 9.55 Å². The number of nitrogens with zero attached hydrogens (tertiary/aromatic N) is 2. The topological polar surface area (TPSA) is 73.2 Å². The number of halogens is 2. The molecule has 0 saturated carbocycles. The van der Waals surface area contributed by atoms with Crippen LogP contribution in [0.25, 0.3) is 10.9 Å². The number of carbonyl (C=O) groups excluding carboxylic acids is 1. The number of methoxy groups -OCH3 is 1. The molecule has 0 aliphatic carbocycles. The average molecular weight is 480 g/mol. The van der Waals surface area contributed by atoms with Crippen molar-refractivity contribution in [1.29, 1.82) is 0 Å². The lowest BCUT2D eigenvalue weighted by molar-refractivity contribution is -0.113. The molecule has 0 aliphatic rings. The Morgan fingerprint density at radius 1 is 1.34 bits per heavy atom. The van der Waals surface area contributed by atoms with E-state index >= 15 is 0 Å². The summed E-state index contributed by atoms with van der Waals surface area (Å²) in [6, 6.07) is 11.2. The monoisotopic (exact) mass is 479 g/mol. The van der Waals surface area contributed by atoms with Crippen LogP contribution in [0, 0.1) is 5.82 Å². The van der Waals surface area contributed by atoms with Gasteiger partial charge in [0.2, 0.25) is 5.91 Å². The van der Waals surface area contributed by atoms with Crippen LogP contribution in [0.1, 0.15) is 13.0 Å². The Hall–Kier alpha value is -2.23. The summed E-state index contributed by atoms with van der Waals surface area (Å²) in [6.07, 6.45) is 0. The van der Waals surface area contributed by atoms with Crippen LogP contribution in [0.5, 0.6) is 0 Å². The zero-order chi connectivity index (χ0) is 21.0. The minimum absolute atomic E-state index is 0.0278. The van der Waals surface area contributed by atoms with E-state index < -0.39 is 11.7 Å². The van der Waals surface area contributed by atoms with Gasteiger partial charge in [-0.05, 0) is 37.3 Å². The summed E-state index contributed by atoms with van der Waals surface area (Å²) >= 11 is 4.30. The SMILES string of the molecule is COC[C@H](C)n1c(SCC(=O)Nc2ccc(Br)cc2F)nc2ccccc2c1=O. The normalized spacial score (nSPS) is 12.1. The molecule has 0 bridgehead atoms. The van der Waals surface area contributed by atoms with E-state index in [1.807, 2.05) is 6.92 Å². The van der Waals surface area contributed by atoms with Crippen molar-refractivity contribution in [2.24, 2.45) is 0 Å². The Morgan fingerprint density at radius 3 is 2.83 bits per heavy atom. The van der Waals surface area contributed by atoms with E-state index in [0.717, 1.165) is 11.8 Å². The lowest BCUT2D eigenvalue weighted by Gasteiger charge is -2.18. The summed E-state index contributed by atoms with van der Waals surface area (Å²) in [4.78, 5) is 29.9. The maximum Gasteiger partial charge on any atom is 0.262 e. The standard InChI is InChI=1S/C20H19BrFN3O3S/c1-12(10-28-2)25-19(27)14-5-3-4-6-16(14)24-20(25)29-11-18(26)23-17-8-7-13(21)9-15(17)22/h3-9,12H,10-11H2,1-2H3,(H,23,26)/t12-/m0/s1. The van der Waals surface area contributed by atoms with E-state index in [4.69, 9.17) is 4.74 Å². The second-order valence-electron chi connectivity index (χ2n) is 6.35. The molecule has 0 fully saturated rings. The van der Waals surface area contributed by atoms with Gasteiger partial charge >= 0.3 is 0 Å². The van der Waals surface area contributed by atoms with E-state index in [1.54, 1.807) is 37.4 Å². The lowest BCUT2D eigenvalue weighted by atomic mass is 10.2. The van der Waals surface area contributed by atoms with Crippen molar-refractivity contribution in [3.63, 3.8) is 0 Å². The molecule has 1 N–H and O–H groups in total. The molecule has 152 valence electrons. The van der Waals surface area contributed by atoms with Crippen LogP contribution in [-0.2, 0) is 9.53 Å². The third-order valence-electron chi connectivity index (χ3n) is 4.16. The van der Waals surface area contributed by atoms with Crippen LogP contribution in [0.2, 0.25) is 0 Å². The molecule has 0 saturated heterocycles. The second kappa shape index (κ2) is 9.51. The van der Waals surface area contributed by atoms with Crippen LogP contribution >= 0.6 is 27.7 Å². The molecule has 1 aromatic heterocycles. The molecule has 29 heavy (non-hydrogen) atoms. The molecule has 0 radical (unpaired) electrons. The predicted molar refractivity (Wildman–Crippen MR) is 116 cm³/mol. The molecule has 1 atom stereocenters. The third-order valence-corrected chi connectivity index (χ3v) is 5.61. The maximum absolute atomic E-state index is 13.9. The largest absolute Gasteiger partial charge is 0.383 e. The number of aromatic nitrogens is 2. The number of thioether (sulfide) groups is 1. The molecule has 2 aromatic carbocycles. The first kappa shape index (κ1) is 21.5. The van der Waals surface area contributed by atoms with Crippen molar-refractivity contribution < 1.29 is 13.9 Å². The second-order valence-corrected chi connectivity index (χ2v) is 8.21. The fourth-order valence-electron chi connectivity index (χ4n) is 2.84. The molecule has 1 heterocycles. The zero-order valence-electron chi connectivity index (χ0n) is 15.8. The highest BCUT2D eigenvalue weighted by molar-refractivity contribution is 9.10. The molecular formula is C20H19BrFN3O3S. The summed E-state index contributed by atoms with van der Waals surface area (Å²) in [5, 5.41) is 3.45. The van der Waals surface area contributed by atoms with E-state index in [2.05, 4.69) is 26.2 Å². The minimum atomic E-state index is -0.535. The number of ether oxygens (including phenoxy) is 1. The van der Waals surface area contributed by atoms with E-state index in [9.17, 15) is 14.0 Å². The summed E-state index contributed by atoms with van der Waals surface area (Å²) < 4.78 is 21.2. The number of carbonyl (C=O) groups is 1. The molecule has 0 spiro atoms. The van der Waals surface area contributed by atoms with Crippen LogP contribution in [-0.4, -0.2) is 34.9 Å². The molecule has 3 rings (SSSR count). The first-order valence-electron chi connectivity index (χ1n) is 8.78. The van der Waals surface area contributed by atoms with Crippen LogP contribution < -0.4 is 10.9 Å². The number of rotatable bonds is 7. The number of anilines is 1. The summed E-state index contributed by atoms with van der Waals surface area (Å²) in [5.74, 6) is -0.961. The van der Waals surface area contributed by atoms with E-state index in [1.165, 1.54) is 16.7 Å². The Kier molecular flexibility index (Phi) is 7.05. The first-order chi connectivity index (χ1) is 13.9. The highest BCUT2D eigenvalue weighted by Gasteiger charge is 2.18. The molecule has 0 unspecified atom stereocenters. The minimum Gasteiger partial charge on any atom is -0.383 e. The van der Waals surface area contributed by atoms with Gasteiger partial charge in [0.1, 0.15) is 5.82 Å². The number of hydrogen-bond donors (Lipinski definition) is 1. The van der Waals surface area contributed by atoms with Gasteiger partial charge in [0.25, 0.3) is 5.56 Å². The van der Waals surface area contributed by atoms with Crippen LogP contribution in [0.15, 0.2) is 56.9 Å². The summed E-state index contributed by atoms with van der Waals surface area (Å²) in [7, 11) is 1.56. The van der Waals surface area contributed by atoms with Crippen molar-refractivity contribution in [2.75, 3.05) is 24.8 Å². The fourth-order valence-corrected chi connectivity index (χ4v) is 4.07. The van der Waals surface area contributed by atoms with E-state index in [-0.39, 0.29) is 23.0 Å². The number of hydrogen-bond acceptors (Lipinski definition) is 5. The van der Waals surface area contributed by atoms with Gasteiger partial charge in [-0.3, -0.25) is 14.2 Å². The quantitative estimate of drug-likeness (QED) is 0.405. The smallest absolute Gasteiger partial charge is 0.262 e. The van der Waals surface area contributed by atoms with Gasteiger partial charge in [-0.15, -0.1) is 0 Å². The highest BCUT2D eigenvalue weighted by Crippen LogP contribution is 2.23. The van der Waals surface area contributed by atoms with Crippen molar-refractivity contribution in [3.05, 3.63) is 63.1 Å². The van der Waals surface area contributed by atoms with Gasteiger partial charge in [0.15, 0.2) is 5.16 Å². The van der Waals surface area contributed by atoms with E-state index in [0.29, 0.717) is 27.1 Å². The number of fused-ring (bicyclic) bond motifs is 1. The Balaban J connectivity index is 1.85. The van der Waals surface area contributed by atoms with Crippen LogP contribution in [0.3, 0.4) is 0 Å². The van der Waals surface area contributed by atoms with Gasteiger partial charge in [-0.25, -0.2) is 9.37 Å². The number of nitrogens with one attached hydrogen (secondary N) is 1. The Bertz CT molecular complexity index is 1110. The fraction of sp³-hybridized carbons (Fsp3) is 0.250. The third kappa shape index (κ3) is 5.04. The molecular weight excluding hydrogens is 461 g/mol. The lowest BCUT2D eigenvalue weighted by Crippen LogP contribution is -2.29. The molecule has 9 heteroatoms. The first-order valence-corrected chi connectivity index (χ1v) is 10.6. The van der Waals surface area contributed by atoms with Crippen LogP contribution in [0.4, 0.5) is 10.1 Å². The highest BCUT2D eigenvalue weighted by atomic mass is 79.9. The molecule has 3 aromatic rings. The number of benzene rings is 2. The van der Waals surface area contributed by atoms with Gasteiger partial charge in [-0.1, -0.05) is 39.8 Å². The zero-order valence-corrected chi connectivity index (χ0v) is 18.2. The molecule has 6 nitrogen and oxygen atoms in total. The van der Waals surface area contributed by atoms with Crippen molar-refractivity contribution in [2.45, 2.75) is 18.1 Å². The van der Waals surface area contributed by atoms with Gasteiger partial charge in [0, 0.05) is 11.6 Å². The van der Waals surface area contributed by atoms with Gasteiger partial charge in [-0.2, -0.15) is 0 Å². The van der Waals surface area contributed by atoms with Crippen molar-refractivity contribution >= 4 is 50.2 Å². The van der Waals surface area contributed by atoms with Gasteiger partial charge in [0.05, 0.1) is 35.0 Å². The predicted octanol–water partition coefficient (Wildman–Crippen LogP) is 4.24. The van der Waals surface area contributed by atoms with Gasteiger partial charge < -0.3 is 10.1 Å². The summed E-state index contributed by atoms with van der Waals surface area (Å²) in [5.41, 5.74) is 0.456. The summed E-state index contributed by atoms with van der Waals surface area (Å²) in [6.45, 7) is 2.17.